The smallest absolute Gasteiger partial charge is 0.457 e. The molecule has 0 aliphatic carbocycles. The zero-order valence-electron chi connectivity index (χ0n) is 49.5. The molecule has 0 fully saturated rings. The maximum atomic E-state index is 14.4. The number of carbonyl (C=O) groups excluding carboxylic acids is 5. The first kappa shape index (κ1) is 63.5. The predicted molar refractivity (Wildman–Crippen MR) is 327 cm³/mol. The fraction of sp³-hybridized carbons (Fsp3) is 0.413. The number of pyridine rings is 2. The molecule has 9 rings (SSSR count). The molecule has 87 heavy (non-hydrogen) atoms. The Bertz CT molecular complexity index is 3820. The van der Waals surface area contributed by atoms with Gasteiger partial charge in [0.15, 0.2) is 10.9 Å². The minimum Gasteiger partial charge on any atom is -0.457 e. The highest BCUT2D eigenvalue weighted by molar-refractivity contribution is 7.98. The summed E-state index contributed by atoms with van der Waals surface area (Å²) in [5.41, 5.74) is 10.8. The Labute approximate surface area is 509 Å². The predicted octanol–water partition coefficient (Wildman–Crippen LogP) is 8.38. The topological polar surface area (TPSA) is 289 Å². The number of ether oxygens (including phenoxy) is 4. The molecule has 0 radical (unpaired) electrons. The van der Waals surface area contributed by atoms with Crippen molar-refractivity contribution in [3.63, 3.8) is 0 Å². The van der Waals surface area contributed by atoms with Gasteiger partial charge in [-0.1, -0.05) is 84.9 Å². The van der Waals surface area contributed by atoms with E-state index in [1.165, 1.54) is 22.3 Å². The third kappa shape index (κ3) is 15.2. The molecule has 0 unspecified atom stereocenters. The molecule has 2 aliphatic rings. The van der Waals surface area contributed by atoms with Crippen molar-refractivity contribution >= 4 is 68.0 Å². The summed E-state index contributed by atoms with van der Waals surface area (Å²) in [7, 11) is -3.53. The Morgan fingerprint density at radius 3 is 2.39 bits per heavy atom. The SMILES string of the molecule is CC[C@@]1(OC(=O)OCc2ccc(NC(=O)[C@H](CCCCN)CC(=O)CCCOCCn3cc(CCC(=O)c4ccc(-c5cnc(SC)nc5)cc4)nn3)cc2)C(=O)OCc2c1cc1n(c2=O)Cc2c-1nc1ccccc1c2CCN(C(C)C)S(C)(=O)=O. The van der Waals surface area contributed by atoms with E-state index in [0.717, 1.165) is 27.6 Å². The van der Waals surface area contributed by atoms with Crippen LogP contribution in [-0.2, 0) is 88.1 Å². The van der Waals surface area contributed by atoms with Gasteiger partial charge in [-0.25, -0.2) is 37.6 Å². The van der Waals surface area contributed by atoms with Crippen LogP contribution in [0.3, 0.4) is 0 Å². The van der Waals surface area contributed by atoms with Crippen LogP contribution in [0, 0.1) is 5.92 Å². The molecule has 24 heteroatoms. The Kier molecular flexibility index (Phi) is 20.9. The lowest BCUT2D eigenvalue weighted by Crippen LogP contribution is -2.47. The summed E-state index contributed by atoms with van der Waals surface area (Å²) in [6.45, 7) is 6.57. The monoisotopic (exact) mass is 1220 g/mol. The number of carbonyl (C=O) groups is 5. The van der Waals surface area contributed by atoms with E-state index in [1.54, 1.807) is 77.2 Å². The van der Waals surface area contributed by atoms with Crippen molar-refractivity contribution in [1.82, 2.24) is 38.8 Å². The van der Waals surface area contributed by atoms with Crippen molar-refractivity contribution in [3.8, 4) is 22.5 Å². The number of aryl methyl sites for hydroxylation is 1. The van der Waals surface area contributed by atoms with E-state index in [1.807, 2.05) is 56.5 Å². The lowest BCUT2D eigenvalue weighted by atomic mass is 9.85. The number of sulfonamides is 1. The Morgan fingerprint density at radius 1 is 0.920 bits per heavy atom. The third-order valence-electron chi connectivity index (χ3n) is 15.7. The summed E-state index contributed by atoms with van der Waals surface area (Å²) in [5, 5.41) is 12.8. The Balaban J connectivity index is 0.739. The molecule has 3 N–H and O–H groups in total. The average Bonchev–Trinajstić information content (AvgIpc) is 1.68. The normalized spacial score (nSPS) is 14.8. The van der Waals surface area contributed by atoms with Gasteiger partial charge in [-0.15, -0.1) is 5.10 Å². The number of hydrogen-bond acceptors (Lipinski definition) is 19. The highest BCUT2D eigenvalue weighted by atomic mass is 32.2. The molecule has 1 amide bonds. The van der Waals surface area contributed by atoms with Crippen LogP contribution < -0.4 is 16.6 Å². The Morgan fingerprint density at radius 2 is 1.68 bits per heavy atom. The molecule has 22 nitrogen and oxygen atoms in total. The van der Waals surface area contributed by atoms with Crippen LogP contribution in [0.4, 0.5) is 10.5 Å². The van der Waals surface area contributed by atoms with Crippen LogP contribution >= 0.6 is 11.8 Å². The van der Waals surface area contributed by atoms with Gasteiger partial charge in [0.1, 0.15) is 19.0 Å². The zero-order valence-corrected chi connectivity index (χ0v) is 51.1. The van der Waals surface area contributed by atoms with Crippen LogP contribution in [0.5, 0.6) is 0 Å². The molecule has 0 saturated carbocycles. The van der Waals surface area contributed by atoms with Gasteiger partial charge in [-0.05, 0) is 99.7 Å². The molecule has 458 valence electrons. The molecule has 0 bridgehead atoms. The molecule has 0 saturated heterocycles. The number of ketones is 2. The van der Waals surface area contributed by atoms with E-state index in [-0.39, 0.29) is 86.6 Å². The van der Waals surface area contributed by atoms with Crippen molar-refractivity contribution in [2.75, 3.05) is 44.1 Å². The molecule has 7 aromatic rings. The fourth-order valence-electron chi connectivity index (χ4n) is 11.1. The van der Waals surface area contributed by atoms with E-state index >= 15 is 0 Å². The molecule has 2 aliphatic heterocycles. The van der Waals surface area contributed by atoms with Gasteiger partial charge in [0.2, 0.25) is 21.5 Å². The van der Waals surface area contributed by atoms with E-state index in [2.05, 4.69) is 25.6 Å². The molecular weight excluding hydrogens is 1150 g/mol. The van der Waals surface area contributed by atoms with Gasteiger partial charge < -0.3 is 34.6 Å². The summed E-state index contributed by atoms with van der Waals surface area (Å²) >= 11 is 1.47. The summed E-state index contributed by atoms with van der Waals surface area (Å²) in [4.78, 5) is 95.2. The number of nitrogens with one attached hydrogen (secondary N) is 1. The molecule has 0 spiro atoms. The number of Topliss-reactive ketones (excluding diaryl/α,β-unsaturated/α-hetero) is 2. The van der Waals surface area contributed by atoms with Crippen molar-refractivity contribution in [1.29, 1.82) is 0 Å². The van der Waals surface area contributed by atoms with Crippen LogP contribution in [0.1, 0.15) is 116 Å². The minimum absolute atomic E-state index is 0.000528. The van der Waals surface area contributed by atoms with Gasteiger partial charge >= 0.3 is 12.1 Å². The lowest BCUT2D eigenvalue weighted by Gasteiger charge is -2.35. The van der Waals surface area contributed by atoms with Crippen LogP contribution in [0.15, 0.2) is 107 Å². The first-order valence-electron chi connectivity index (χ1n) is 29.1. The minimum atomic E-state index is -3.53. The summed E-state index contributed by atoms with van der Waals surface area (Å²) in [6, 6.07) is 22.9. The van der Waals surface area contributed by atoms with E-state index < -0.39 is 39.2 Å². The molecule has 6 heterocycles. The Hall–Kier alpha value is -8.03. The van der Waals surface area contributed by atoms with Gasteiger partial charge in [-0.2, -0.15) is 4.31 Å². The number of anilines is 1. The number of hydrogen-bond donors (Lipinski definition) is 2. The summed E-state index contributed by atoms with van der Waals surface area (Å²) in [5.74, 6) is -1.84. The lowest BCUT2D eigenvalue weighted by molar-refractivity contribution is -0.175. The first-order valence-corrected chi connectivity index (χ1v) is 32.2. The standard InChI is InChI=1S/C63H72N10O12S2/c1-6-63(53-33-55-57-51(37-72(55)59(77)52(53)39-83-60(63)78)49(50-14-7-8-15-54(50)68-57)26-28-73(40(2)3)87(5,80)81)85-62(79)84-38-41-16-22-46(23-17-41)67-58(76)44(12-9-10-27-64)32-48(74)13-11-30-82-31-29-71-36-47(69-70-71)24-25-56(75)43-20-18-42(19-21-43)45-34-65-61(86-4)66-35-45/h7-8,14-23,33-36,40,44H,6,9-13,24-32,37-39,64H2,1-5H3,(H,67,76)/t44-,63+/m1/s1. The number of nitrogens with two attached hydrogens (primary N) is 1. The zero-order chi connectivity index (χ0) is 61.8. The largest absolute Gasteiger partial charge is 0.510 e. The second-order valence-corrected chi connectivity index (χ2v) is 24.6. The van der Waals surface area contributed by atoms with E-state index in [9.17, 15) is 37.2 Å². The second kappa shape index (κ2) is 28.7. The third-order valence-corrected chi connectivity index (χ3v) is 17.7. The molecular formula is C63H72N10O12S2. The number of benzene rings is 3. The van der Waals surface area contributed by atoms with E-state index in [4.69, 9.17) is 29.7 Å². The highest BCUT2D eigenvalue weighted by Gasteiger charge is 2.51. The maximum Gasteiger partial charge on any atom is 0.510 e. The van der Waals surface area contributed by atoms with Gasteiger partial charge in [0.05, 0.1) is 54.1 Å². The van der Waals surface area contributed by atoms with Crippen molar-refractivity contribution in [3.05, 3.63) is 147 Å². The van der Waals surface area contributed by atoms with Crippen LogP contribution in [0.25, 0.3) is 33.4 Å². The fourth-order valence-corrected chi connectivity index (χ4v) is 12.6. The van der Waals surface area contributed by atoms with Gasteiger partial charge in [-0.3, -0.25) is 19.2 Å². The number of rotatable bonds is 30. The van der Waals surface area contributed by atoms with Crippen LogP contribution in [0.2, 0.25) is 0 Å². The molecule has 4 aromatic heterocycles. The highest BCUT2D eigenvalue weighted by Crippen LogP contribution is 2.42. The van der Waals surface area contributed by atoms with Gasteiger partial charge in [0, 0.05) is 103 Å². The second-order valence-electron chi connectivity index (χ2n) is 21.9. The number of nitrogens with zero attached hydrogens (tertiary/aromatic N) is 8. The van der Waals surface area contributed by atoms with Crippen molar-refractivity contribution in [2.24, 2.45) is 11.7 Å². The van der Waals surface area contributed by atoms with E-state index in [0.29, 0.717) is 109 Å². The van der Waals surface area contributed by atoms with Crippen LogP contribution in [-0.4, -0.2) is 122 Å². The van der Waals surface area contributed by atoms with Crippen molar-refractivity contribution in [2.45, 2.75) is 128 Å². The van der Waals surface area contributed by atoms with Gasteiger partial charge in [0.25, 0.3) is 5.56 Å². The quantitative estimate of drug-likeness (QED) is 0.0140. The van der Waals surface area contributed by atoms with Crippen molar-refractivity contribution < 1.29 is 51.3 Å². The summed E-state index contributed by atoms with van der Waals surface area (Å²) in [6.07, 6.45) is 10.8. The maximum absolute atomic E-state index is 14.4. The first-order chi connectivity index (χ1) is 41.9. The number of aromatic nitrogens is 7. The number of esters is 1. The molecule has 3 aromatic carbocycles. The summed E-state index contributed by atoms with van der Waals surface area (Å²) < 4.78 is 52.9. The number of para-hydroxylation sites is 1. The molecule has 2 atom stereocenters. The number of amides is 1. The average molecular weight is 1230 g/mol. The number of thioether (sulfide) groups is 1. The number of unbranched alkanes of at least 4 members (excludes halogenated alkanes) is 1. The number of fused-ring (bicyclic) bond motifs is 5. The number of cyclic esters (lactones) is 1.